The molecule has 0 aliphatic heterocycles. The zero-order chi connectivity index (χ0) is 13.5. The van der Waals surface area contributed by atoms with Crippen molar-refractivity contribution in [2.24, 2.45) is 0 Å². The van der Waals surface area contributed by atoms with E-state index in [2.05, 4.69) is 5.32 Å². The molecule has 19 heavy (non-hydrogen) atoms. The highest BCUT2D eigenvalue weighted by atomic mass is 16.5. The molecule has 0 atom stereocenters. The number of hydrogen-bond donors (Lipinski definition) is 1. The Labute approximate surface area is 112 Å². The number of hydrogen-bond acceptors (Lipinski definition) is 3. The van der Waals surface area contributed by atoms with Crippen LogP contribution >= 0.6 is 0 Å². The molecule has 2 aromatic carbocycles. The molecule has 0 heterocycles. The predicted octanol–water partition coefficient (Wildman–Crippen LogP) is 3.44. The second-order valence-corrected chi connectivity index (χ2v) is 3.92. The average molecular weight is 257 g/mol. The first kappa shape index (κ1) is 13.0. The van der Waals surface area contributed by atoms with Crippen LogP contribution in [0.25, 0.3) is 0 Å². The van der Waals surface area contributed by atoms with E-state index in [4.69, 9.17) is 9.47 Å². The van der Waals surface area contributed by atoms with Gasteiger partial charge in [-0.05, 0) is 29.8 Å². The molecule has 0 radical (unpaired) electrons. The lowest BCUT2D eigenvalue weighted by atomic mass is 10.2. The van der Waals surface area contributed by atoms with Crippen LogP contribution in [0.3, 0.4) is 0 Å². The number of ether oxygens (including phenoxy) is 2. The largest absolute Gasteiger partial charge is 0.497 e. The van der Waals surface area contributed by atoms with Gasteiger partial charge >= 0.3 is 6.09 Å². The summed E-state index contributed by atoms with van der Waals surface area (Å²) in [6, 6.07) is 16.6. The van der Waals surface area contributed by atoms with Gasteiger partial charge in [-0.1, -0.05) is 30.3 Å². The van der Waals surface area contributed by atoms with Gasteiger partial charge in [-0.25, -0.2) is 4.79 Å². The maximum Gasteiger partial charge on any atom is 0.411 e. The Balaban J connectivity index is 1.83. The van der Waals surface area contributed by atoms with E-state index in [0.29, 0.717) is 5.69 Å². The number of nitrogens with one attached hydrogen (secondary N) is 1. The quantitative estimate of drug-likeness (QED) is 0.912. The van der Waals surface area contributed by atoms with Crippen molar-refractivity contribution in [1.82, 2.24) is 0 Å². The van der Waals surface area contributed by atoms with Crippen molar-refractivity contribution in [3.8, 4) is 5.75 Å². The number of benzene rings is 2. The maximum absolute atomic E-state index is 11.6. The van der Waals surface area contributed by atoms with Crippen LogP contribution in [0.4, 0.5) is 10.5 Å². The van der Waals surface area contributed by atoms with Gasteiger partial charge in [-0.2, -0.15) is 0 Å². The smallest absolute Gasteiger partial charge is 0.411 e. The molecular formula is C15H15NO3. The number of anilines is 1. The molecule has 0 aliphatic rings. The van der Waals surface area contributed by atoms with E-state index in [1.54, 1.807) is 31.4 Å². The minimum atomic E-state index is -0.478. The van der Waals surface area contributed by atoms with Crippen LogP contribution in [-0.2, 0) is 11.3 Å². The molecule has 0 saturated carbocycles. The lowest BCUT2D eigenvalue weighted by Crippen LogP contribution is -2.13. The molecule has 2 aromatic rings. The Morgan fingerprint density at radius 2 is 1.74 bits per heavy atom. The van der Waals surface area contributed by atoms with Gasteiger partial charge in [0.1, 0.15) is 12.4 Å². The fraction of sp³-hybridized carbons (Fsp3) is 0.133. The van der Waals surface area contributed by atoms with Crippen LogP contribution in [-0.4, -0.2) is 13.2 Å². The second-order valence-electron chi connectivity index (χ2n) is 3.92. The molecule has 98 valence electrons. The topological polar surface area (TPSA) is 47.6 Å². The van der Waals surface area contributed by atoms with Crippen molar-refractivity contribution in [2.45, 2.75) is 6.61 Å². The van der Waals surface area contributed by atoms with Crippen LogP contribution in [0.2, 0.25) is 0 Å². The molecule has 0 unspecified atom stereocenters. The van der Waals surface area contributed by atoms with Crippen molar-refractivity contribution < 1.29 is 14.3 Å². The van der Waals surface area contributed by atoms with Crippen LogP contribution in [0.15, 0.2) is 54.6 Å². The Kier molecular flexibility index (Phi) is 4.39. The molecule has 0 spiro atoms. The summed E-state index contributed by atoms with van der Waals surface area (Å²) >= 11 is 0. The fourth-order valence-electron chi connectivity index (χ4n) is 1.55. The molecule has 1 amide bonds. The molecule has 4 nitrogen and oxygen atoms in total. The monoisotopic (exact) mass is 257 g/mol. The molecule has 1 N–H and O–H groups in total. The van der Waals surface area contributed by atoms with Crippen molar-refractivity contribution in [2.75, 3.05) is 12.4 Å². The first-order valence-corrected chi connectivity index (χ1v) is 5.89. The summed E-state index contributed by atoms with van der Waals surface area (Å²) in [6.07, 6.45) is -0.478. The lowest BCUT2D eigenvalue weighted by Gasteiger charge is -2.07. The summed E-state index contributed by atoms with van der Waals surface area (Å²) in [5, 5.41) is 2.65. The maximum atomic E-state index is 11.6. The summed E-state index contributed by atoms with van der Waals surface area (Å²) in [7, 11) is 1.59. The third-order valence-electron chi connectivity index (χ3n) is 2.55. The predicted molar refractivity (Wildman–Crippen MR) is 73.2 cm³/mol. The normalized spacial score (nSPS) is 9.74. The van der Waals surface area contributed by atoms with E-state index in [-0.39, 0.29) is 6.61 Å². The fourth-order valence-corrected chi connectivity index (χ4v) is 1.55. The van der Waals surface area contributed by atoms with Crippen LogP contribution < -0.4 is 10.1 Å². The Hall–Kier alpha value is -2.49. The first-order chi connectivity index (χ1) is 9.28. The van der Waals surface area contributed by atoms with Crippen molar-refractivity contribution in [3.63, 3.8) is 0 Å². The third kappa shape index (κ3) is 4.03. The molecule has 0 aromatic heterocycles. The number of rotatable bonds is 4. The molecular weight excluding hydrogens is 242 g/mol. The van der Waals surface area contributed by atoms with Crippen LogP contribution in [0.5, 0.6) is 5.75 Å². The van der Waals surface area contributed by atoms with Gasteiger partial charge in [0, 0.05) is 5.69 Å². The van der Waals surface area contributed by atoms with Gasteiger partial charge in [0.25, 0.3) is 0 Å². The Bertz CT molecular complexity index is 523. The van der Waals surface area contributed by atoms with E-state index in [1.807, 2.05) is 30.3 Å². The summed E-state index contributed by atoms with van der Waals surface area (Å²) in [4.78, 5) is 11.6. The van der Waals surface area contributed by atoms with E-state index in [1.165, 1.54) is 0 Å². The lowest BCUT2D eigenvalue weighted by molar-refractivity contribution is 0.155. The van der Waals surface area contributed by atoms with E-state index < -0.39 is 6.09 Å². The second kappa shape index (κ2) is 6.44. The third-order valence-corrected chi connectivity index (χ3v) is 2.55. The summed E-state index contributed by atoms with van der Waals surface area (Å²) in [5.74, 6) is 0.739. The van der Waals surface area contributed by atoms with Crippen molar-refractivity contribution in [3.05, 3.63) is 60.2 Å². The zero-order valence-electron chi connectivity index (χ0n) is 10.6. The minimum Gasteiger partial charge on any atom is -0.497 e. The van der Waals surface area contributed by atoms with E-state index in [0.717, 1.165) is 11.3 Å². The number of carbonyl (C=O) groups excluding carboxylic acids is 1. The van der Waals surface area contributed by atoms with Gasteiger partial charge in [-0.3, -0.25) is 5.32 Å². The molecule has 0 bridgehead atoms. The molecule has 0 aliphatic carbocycles. The highest BCUT2D eigenvalue weighted by Crippen LogP contribution is 2.15. The number of methoxy groups -OCH3 is 1. The van der Waals surface area contributed by atoms with Crippen molar-refractivity contribution in [1.29, 1.82) is 0 Å². The standard InChI is InChI=1S/C15H15NO3/c1-18-14-9-7-13(8-10-14)16-15(17)19-11-12-5-3-2-4-6-12/h2-10H,11H2,1H3,(H,16,17). The van der Waals surface area contributed by atoms with Gasteiger partial charge in [-0.15, -0.1) is 0 Å². The SMILES string of the molecule is COc1ccc(NC(=O)OCc2ccccc2)cc1. The highest BCUT2D eigenvalue weighted by molar-refractivity contribution is 5.84. The molecule has 2 rings (SSSR count). The zero-order valence-corrected chi connectivity index (χ0v) is 10.6. The van der Waals surface area contributed by atoms with Crippen LogP contribution in [0, 0.1) is 0 Å². The van der Waals surface area contributed by atoms with Crippen molar-refractivity contribution >= 4 is 11.8 Å². The first-order valence-electron chi connectivity index (χ1n) is 5.89. The highest BCUT2D eigenvalue weighted by Gasteiger charge is 2.03. The van der Waals surface area contributed by atoms with Gasteiger partial charge in [0.2, 0.25) is 0 Å². The van der Waals surface area contributed by atoms with E-state index >= 15 is 0 Å². The van der Waals surface area contributed by atoms with Crippen LogP contribution in [0.1, 0.15) is 5.56 Å². The number of carbonyl (C=O) groups is 1. The minimum absolute atomic E-state index is 0.253. The summed E-state index contributed by atoms with van der Waals surface area (Å²) < 4.78 is 10.1. The number of amides is 1. The Morgan fingerprint density at radius 3 is 2.37 bits per heavy atom. The van der Waals surface area contributed by atoms with E-state index in [9.17, 15) is 4.79 Å². The molecule has 0 fully saturated rings. The summed E-state index contributed by atoms with van der Waals surface area (Å²) in [5.41, 5.74) is 1.62. The Morgan fingerprint density at radius 1 is 1.05 bits per heavy atom. The molecule has 0 saturated heterocycles. The van der Waals surface area contributed by atoms with Gasteiger partial charge in [0.05, 0.1) is 7.11 Å². The summed E-state index contributed by atoms with van der Waals surface area (Å²) in [6.45, 7) is 0.253. The molecule has 4 heteroatoms. The van der Waals surface area contributed by atoms with Gasteiger partial charge in [0.15, 0.2) is 0 Å². The average Bonchev–Trinajstić information content (AvgIpc) is 2.47. The van der Waals surface area contributed by atoms with Gasteiger partial charge < -0.3 is 9.47 Å².